The molecule has 5 N–H and O–H groups in total. The van der Waals surface area contributed by atoms with E-state index in [9.17, 15) is 4.79 Å². The zero-order chi connectivity index (χ0) is 13.7. The van der Waals surface area contributed by atoms with Crippen LogP contribution < -0.4 is 11.1 Å². The van der Waals surface area contributed by atoms with Crippen LogP contribution in [0.15, 0.2) is 11.4 Å². The first-order chi connectivity index (χ1) is 9.22. The number of H-pyrrole nitrogens is 1. The quantitative estimate of drug-likeness (QED) is 0.217. The number of hydrogen-bond acceptors (Lipinski definition) is 4. The number of amidine groups is 1. The second kappa shape index (κ2) is 6.21. The molecule has 0 spiro atoms. The number of amides is 1. The summed E-state index contributed by atoms with van der Waals surface area (Å²) in [6.45, 7) is 0. The molecule has 0 radical (unpaired) electrons. The van der Waals surface area contributed by atoms with Gasteiger partial charge in [0.1, 0.15) is 5.82 Å². The largest absolute Gasteiger partial charge is 0.409 e. The maximum atomic E-state index is 12.2. The Morgan fingerprint density at radius 3 is 2.74 bits per heavy atom. The highest BCUT2D eigenvalue weighted by Crippen LogP contribution is 2.24. The van der Waals surface area contributed by atoms with Crippen LogP contribution in [0.25, 0.3) is 0 Å². The van der Waals surface area contributed by atoms with E-state index < -0.39 is 0 Å². The number of nitrogens with one attached hydrogen (secondary N) is 2. The smallest absolute Gasteiger partial charge is 0.228 e. The lowest BCUT2D eigenvalue weighted by Crippen LogP contribution is -2.24. The van der Waals surface area contributed by atoms with Crippen molar-refractivity contribution < 1.29 is 10.0 Å². The maximum absolute atomic E-state index is 12.2. The van der Waals surface area contributed by atoms with E-state index in [4.69, 9.17) is 10.9 Å². The highest BCUT2D eigenvalue weighted by molar-refractivity contribution is 6.04. The minimum atomic E-state index is -0.0788. The first-order valence-corrected chi connectivity index (χ1v) is 6.54. The van der Waals surface area contributed by atoms with E-state index in [-0.39, 0.29) is 17.7 Å². The Bertz CT molecular complexity index is 460. The summed E-state index contributed by atoms with van der Waals surface area (Å²) in [5, 5.41) is 20.8. The molecule has 1 aliphatic rings. The number of carbonyl (C=O) groups excluding carboxylic acids is 1. The predicted molar refractivity (Wildman–Crippen MR) is 70.9 cm³/mol. The van der Waals surface area contributed by atoms with Gasteiger partial charge in [-0.2, -0.15) is 5.10 Å². The van der Waals surface area contributed by atoms with Crippen LogP contribution in [0.2, 0.25) is 0 Å². The number of oxime groups is 1. The van der Waals surface area contributed by atoms with Gasteiger partial charge in [0.25, 0.3) is 0 Å². The number of aromatic nitrogens is 2. The molecular formula is C12H19N5O2. The van der Waals surface area contributed by atoms with Gasteiger partial charge in [-0.15, -0.1) is 0 Å². The molecule has 2 rings (SSSR count). The summed E-state index contributed by atoms with van der Waals surface area (Å²) in [7, 11) is 0. The molecule has 0 saturated heterocycles. The number of rotatable bonds is 3. The number of hydrogen-bond donors (Lipinski definition) is 4. The third-order valence-corrected chi connectivity index (χ3v) is 3.50. The zero-order valence-corrected chi connectivity index (χ0v) is 10.7. The predicted octanol–water partition coefficient (Wildman–Crippen LogP) is 1.41. The summed E-state index contributed by atoms with van der Waals surface area (Å²) in [5.74, 6) is 0.304. The SMILES string of the molecule is NC(=NO)c1cn[nH]c1NC(=O)C1CCCCCC1. The lowest BCUT2D eigenvalue weighted by molar-refractivity contribution is -0.120. The third kappa shape index (κ3) is 3.24. The first-order valence-electron chi connectivity index (χ1n) is 6.54. The summed E-state index contributed by atoms with van der Waals surface area (Å²) < 4.78 is 0. The molecule has 1 amide bonds. The van der Waals surface area contributed by atoms with Crippen molar-refractivity contribution in [2.24, 2.45) is 16.8 Å². The van der Waals surface area contributed by atoms with E-state index in [1.54, 1.807) is 0 Å². The van der Waals surface area contributed by atoms with Gasteiger partial charge >= 0.3 is 0 Å². The molecule has 0 aliphatic heterocycles. The Hall–Kier alpha value is -2.05. The number of nitrogens with two attached hydrogens (primary N) is 1. The molecular weight excluding hydrogens is 246 g/mol. The fourth-order valence-electron chi connectivity index (χ4n) is 2.40. The zero-order valence-electron chi connectivity index (χ0n) is 10.7. The van der Waals surface area contributed by atoms with Crippen molar-refractivity contribution in [3.8, 4) is 0 Å². The fraction of sp³-hybridized carbons (Fsp3) is 0.583. The average molecular weight is 265 g/mol. The molecule has 1 aliphatic carbocycles. The molecule has 1 aromatic rings. The average Bonchev–Trinajstić information content (AvgIpc) is 2.71. The van der Waals surface area contributed by atoms with Crippen molar-refractivity contribution in [2.45, 2.75) is 38.5 Å². The van der Waals surface area contributed by atoms with Gasteiger partial charge in [-0.1, -0.05) is 30.8 Å². The minimum absolute atomic E-state index is 0.0295. The van der Waals surface area contributed by atoms with Gasteiger partial charge in [0.05, 0.1) is 11.8 Å². The Morgan fingerprint density at radius 1 is 1.42 bits per heavy atom. The Balaban J connectivity index is 2.04. The van der Waals surface area contributed by atoms with Crippen LogP contribution in [0.5, 0.6) is 0 Å². The minimum Gasteiger partial charge on any atom is -0.409 e. The van der Waals surface area contributed by atoms with Gasteiger partial charge in [0.2, 0.25) is 5.91 Å². The standard InChI is InChI=1S/C12H19N5O2/c13-10(17-19)9-7-14-16-11(9)15-12(18)8-5-3-1-2-4-6-8/h7-8,19H,1-6H2,(H2,13,17)(H2,14,15,16,18). The van der Waals surface area contributed by atoms with Crippen LogP contribution in [-0.4, -0.2) is 27.1 Å². The van der Waals surface area contributed by atoms with Gasteiger partial charge in [-0.25, -0.2) is 0 Å². The van der Waals surface area contributed by atoms with Gasteiger partial charge < -0.3 is 16.3 Å². The van der Waals surface area contributed by atoms with Crippen LogP contribution >= 0.6 is 0 Å². The summed E-state index contributed by atoms with van der Waals surface area (Å²) in [4.78, 5) is 12.2. The lowest BCUT2D eigenvalue weighted by Gasteiger charge is -2.13. The number of anilines is 1. The molecule has 1 saturated carbocycles. The molecule has 1 aromatic heterocycles. The lowest BCUT2D eigenvalue weighted by atomic mass is 9.99. The normalized spacial score (nSPS) is 18.0. The molecule has 0 atom stereocenters. The monoisotopic (exact) mass is 265 g/mol. The van der Waals surface area contributed by atoms with Crippen molar-refractivity contribution >= 4 is 17.6 Å². The van der Waals surface area contributed by atoms with Crippen molar-refractivity contribution in [3.63, 3.8) is 0 Å². The van der Waals surface area contributed by atoms with E-state index >= 15 is 0 Å². The number of carbonyl (C=O) groups is 1. The van der Waals surface area contributed by atoms with E-state index in [1.165, 1.54) is 19.0 Å². The van der Waals surface area contributed by atoms with E-state index in [1.807, 2.05) is 0 Å². The number of nitrogens with zero attached hydrogens (tertiary/aromatic N) is 2. The van der Waals surface area contributed by atoms with Crippen LogP contribution in [0, 0.1) is 5.92 Å². The first kappa shape index (κ1) is 13.4. The van der Waals surface area contributed by atoms with E-state index in [2.05, 4.69) is 20.7 Å². The third-order valence-electron chi connectivity index (χ3n) is 3.50. The van der Waals surface area contributed by atoms with Crippen molar-refractivity contribution in [1.82, 2.24) is 10.2 Å². The number of aromatic amines is 1. The van der Waals surface area contributed by atoms with Crippen LogP contribution in [0.3, 0.4) is 0 Å². The Labute approximate surface area is 111 Å². The summed E-state index contributed by atoms with van der Waals surface area (Å²) in [6, 6.07) is 0. The maximum Gasteiger partial charge on any atom is 0.228 e. The van der Waals surface area contributed by atoms with E-state index in [0.717, 1.165) is 25.7 Å². The molecule has 19 heavy (non-hydrogen) atoms. The summed E-state index contributed by atoms with van der Waals surface area (Å²) >= 11 is 0. The molecule has 1 heterocycles. The van der Waals surface area contributed by atoms with Gasteiger partial charge in [0.15, 0.2) is 5.84 Å². The molecule has 0 bridgehead atoms. The van der Waals surface area contributed by atoms with Crippen molar-refractivity contribution in [2.75, 3.05) is 5.32 Å². The Morgan fingerprint density at radius 2 is 2.11 bits per heavy atom. The van der Waals surface area contributed by atoms with Crippen LogP contribution in [0.1, 0.15) is 44.1 Å². The van der Waals surface area contributed by atoms with Gasteiger partial charge in [-0.3, -0.25) is 9.89 Å². The summed E-state index contributed by atoms with van der Waals surface area (Å²) in [6.07, 6.45) is 7.82. The molecule has 104 valence electrons. The van der Waals surface area contributed by atoms with Gasteiger partial charge in [0, 0.05) is 5.92 Å². The van der Waals surface area contributed by atoms with Crippen LogP contribution in [0.4, 0.5) is 5.82 Å². The van der Waals surface area contributed by atoms with Gasteiger partial charge in [-0.05, 0) is 12.8 Å². The fourth-order valence-corrected chi connectivity index (χ4v) is 2.40. The molecule has 7 heteroatoms. The second-order valence-electron chi connectivity index (χ2n) is 4.82. The highest BCUT2D eigenvalue weighted by atomic mass is 16.4. The Kier molecular flexibility index (Phi) is 4.38. The van der Waals surface area contributed by atoms with E-state index in [0.29, 0.717) is 11.4 Å². The molecule has 1 fully saturated rings. The topological polar surface area (TPSA) is 116 Å². The second-order valence-corrected chi connectivity index (χ2v) is 4.82. The van der Waals surface area contributed by atoms with Crippen molar-refractivity contribution in [3.05, 3.63) is 11.8 Å². The van der Waals surface area contributed by atoms with Crippen LogP contribution in [-0.2, 0) is 4.79 Å². The highest BCUT2D eigenvalue weighted by Gasteiger charge is 2.22. The molecule has 0 unspecified atom stereocenters. The summed E-state index contributed by atoms with van der Waals surface area (Å²) in [5.41, 5.74) is 5.90. The molecule has 7 nitrogen and oxygen atoms in total. The molecule has 0 aromatic carbocycles. The van der Waals surface area contributed by atoms with Crippen molar-refractivity contribution in [1.29, 1.82) is 0 Å².